The second-order valence-electron chi connectivity index (χ2n) is 5.14. The van der Waals surface area contributed by atoms with Crippen LogP contribution in [0.15, 0.2) is 22.7 Å². The second-order valence-corrected chi connectivity index (χ2v) is 5.99. The minimum atomic E-state index is -0.914. The molecule has 0 saturated carbocycles. The van der Waals surface area contributed by atoms with Gasteiger partial charge in [-0.25, -0.2) is 4.79 Å². The highest BCUT2D eigenvalue weighted by molar-refractivity contribution is 9.10. The minimum absolute atomic E-state index is 0.261. The lowest BCUT2D eigenvalue weighted by molar-refractivity contribution is 0.0696. The van der Waals surface area contributed by atoms with Crippen LogP contribution < -0.4 is 0 Å². The molecule has 2 N–H and O–H groups in total. The summed E-state index contributed by atoms with van der Waals surface area (Å²) < 4.78 is 0.827. The van der Waals surface area contributed by atoms with Crippen molar-refractivity contribution in [3.8, 4) is 0 Å². The number of hydrogen-bond donors (Lipinski definition) is 2. The van der Waals surface area contributed by atoms with Crippen LogP contribution in [-0.2, 0) is 6.54 Å². The molecule has 1 aromatic rings. The molecule has 5 heteroatoms. The smallest absolute Gasteiger partial charge is 0.335 e. The highest BCUT2D eigenvalue weighted by atomic mass is 79.9. The predicted molar refractivity (Wildman–Crippen MR) is 76.2 cm³/mol. The molecule has 0 radical (unpaired) electrons. The summed E-state index contributed by atoms with van der Waals surface area (Å²) in [5, 5.41) is 18.5. The van der Waals surface area contributed by atoms with Gasteiger partial charge in [0.05, 0.1) is 11.7 Å². The lowest BCUT2D eigenvalue weighted by atomic mass is 10.0. The number of aliphatic hydroxyl groups is 1. The van der Waals surface area contributed by atoms with Gasteiger partial charge in [0, 0.05) is 17.6 Å². The fraction of sp³-hybridized carbons (Fsp3) is 0.500. The SMILES string of the molecule is CC(O)C1CCN(Cc2ccc(C(=O)O)cc2Br)C1. The maximum Gasteiger partial charge on any atom is 0.335 e. The third-order valence-corrected chi connectivity index (χ3v) is 4.42. The van der Waals surface area contributed by atoms with Crippen molar-refractivity contribution in [2.75, 3.05) is 13.1 Å². The number of rotatable bonds is 4. The number of carboxylic acids is 1. The van der Waals surface area contributed by atoms with Crippen LogP contribution in [0.25, 0.3) is 0 Å². The van der Waals surface area contributed by atoms with Crippen molar-refractivity contribution in [3.63, 3.8) is 0 Å². The Balaban J connectivity index is 2.02. The van der Waals surface area contributed by atoms with Gasteiger partial charge in [-0.05, 0) is 43.5 Å². The van der Waals surface area contributed by atoms with E-state index in [1.807, 2.05) is 13.0 Å². The van der Waals surface area contributed by atoms with Crippen molar-refractivity contribution < 1.29 is 15.0 Å². The molecule has 0 amide bonds. The first-order chi connectivity index (χ1) is 8.97. The zero-order valence-corrected chi connectivity index (χ0v) is 12.4. The summed E-state index contributed by atoms with van der Waals surface area (Å²) in [7, 11) is 0. The van der Waals surface area contributed by atoms with Crippen LogP contribution in [0.1, 0.15) is 29.3 Å². The Morgan fingerprint density at radius 2 is 2.32 bits per heavy atom. The minimum Gasteiger partial charge on any atom is -0.478 e. The molecule has 1 fully saturated rings. The zero-order chi connectivity index (χ0) is 14.0. The summed E-state index contributed by atoms with van der Waals surface area (Å²) in [6.45, 7) is 4.49. The van der Waals surface area contributed by atoms with E-state index in [2.05, 4.69) is 20.8 Å². The molecular formula is C14H18BrNO3. The molecule has 104 valence electrons. The molecule has 2 atom stereocenters. The van der Waals surface area contributed by atoms with Crippen LogP contribution in [0.2, 0.25) is 0 Å². The van der Waals surface area contributed by atoms with E-state index in [-0.39, 0.29) is 6.10 Å². The highest BCUT2D eigenvalue weighted by Crippen LogP contribution is 2.25. The fourth-order valence-corrected chi connectivity index (χ4v) is 2.95. The topological polar surface area (TPSA) is 60.8 Å². The molecule has 2 rings (SSSR count). The van der Waals surface area contributed by atoms with Gasteiger partial charge in [-0.3, -0.25) is 4.90 Å². The third kappa shape index (κ3) is 3.55. The van der Waals surface area contributed by atoms with E-state index in [9.17, 15) is 9.90 Å². The predicted octanol–water partition coefficient (Wildman–Crippen LogP) is 2.35. The van der Waals surface area contributed by atoms with Gasteiger partial charge in [-0.1, -0.05) is 22.0 Å². The van der Waals surface area contributed by atoms with Crippen LogP contribution >= 0.6 is 15.9 Å². The Bertz CT molecular complexity index is 476. The Hall–Kier alpha value is -0.910. The second kappa shape index (κ2) is 6.03. The van der Waals surface area contributed by atoms with Gasteiger partial charge < -0.3 is 10.2 Å². The van der Waals surface area contributed by atoms with Crippen molar-refractivity contribution in [1.82, 2.24) is 4.90 Å². The van der Waals surface area contributed by atoms with Crippen molar-refractivity contribution in [1.29, 1.82) is 0 Å². The molecule has 2 unspecified atom stereocenters. The number of carboxylic acid groups (broad SMARTS) is 1. The highest BCUT2D eigenvalue weighted by Gasteiger charge is 2.26. The van der Waals surface area contributed by atoms with E-state index in [0.717, 1.165) is 36.1 Å². The van der Waals surface area contributed by atoms with Gasteiger partial charge >= 0.3 is 5.97 Å². The number of aromatic carboxylic acids is 1. The van der Waals surface area contributed by atoms with Gasteiger partial charge in [-0.15, -0.1) is 0 Å². The normalized spacial score (nSPS) is 21.5. The van der Waals surface area contributed by atoms with Gasteiger partial charge in [0.2, 0.25) is 0 Å². The number of hydrogen-bond acceptors (Lipinski definition) is 3. The van der Waals surface area contributed by atoms with E-state index in [1.54, 1.807) is 12.1 Å². The molecule has 0 aliphatic carbocycles. The third-order valence-electron chi connectivity index (χ3n) is 3.69. The van der Waals surface area contributed by atoms with Gasteiger partial charge in [-0.2, -0.15) is 0 Å². The quantitative estimate of drug-likeness (QED) is 0.891. The average Bonchev–Trinajstić information content (AvgIpc) is 2.80. The van der Waals surface area contributed by atoms with Crippen LogP contribution in [-0.4, -0.2) is 40.3 Å². The molecule has 1 aliphatic heterocycles. The van der Waals surface area contributed by atoms with E-state index in [0.29, 0.717) is 11.5 Å². The van der Waals surface area contributed by atoms with Crippen molar-refractivity contribution in [2.45, 2.75) is 26.0 Å². The Morgan fingerprint density at radius 1 is 1.58 bits per heavy atom. The van der Waals surface area contributed by atoms with Crippen LogP contribution in [0.3, 0.4) is 0 Å². The molecule has 0 spiro atoms. The largest absolute Gasteiger partial charge is 0.478 e. The molecule has 1 heterocycles. The summed E-state index contributed by atoms with van der Waals surface area (Å²) in [5.41, 5.74) is 1.37. The van der Waals surface area contributed by atoms with E-state index >= 15 is 0 Å². The van der Waals surface area contributed by atoms with Crippen LogP contribution in [0.5, 0.6) is 0 Å². The first-order valence-corrected chi connectivity index (χ1v) is 7.19. The summed E-state index contributed by atoms with van der Waals surface area (Å²) in [5.74, 6) is -0.570. The van der Waals surface area contributed by atoms with E-state index < -0.39 is 5.97 Å². The molecule has 1 aromatic carbocycles. The Kier molecular flexibility index (Phi) is 4.60. The average molecular weight is 328 g/mol. The lowest BCUT2D eigenvalue weighted by Gasteiger charge is -2.18. The van der Waals surface area contributed by atoms with Crippen molar-refractivity contribution in [2.24, 2.45) is 5.92 Å². The van der Waals surface area contributed by atoms with Crippen molar-refractivity contribution >= 4 is 21.9 Å². The number of carbonyl (C=O) groups is 1. The molecular weight excluding hydrogens is 310 g/mol. The first-order valence-electron chi connectivity index (χ1n) is 6.39. The molecule has 19 heavy (non-hydrogen) atoms. The van der Waals surface area contributed by atoms with Gasteiger partial charge in [0.25, 0.3) is 0 Å². The molecule has 0 aromatic heterocycles. The lowest BCUT2D eigenvalue weighted by Crippen LogP contribution is -2.24. The van der Waals surface area contributed by atoms with Gasteiger partial charge in [0.15, 0.2) is 0 Å². The van der Waals surface area contributed by atoms with Crippen LogP contribution in [0.4, 0.5) is 0 Å². The fourth-order valence-electron chi connectivity index (χ4n) is 2.45. The summed E-state index contributed by atoms with van der Waals surface area (Å²) in [6.07, 6.45) is 0.755. The standard InChI is InChI=1S/C14H18BrNO3/c1-9(17)11-4-5-16(7-11)8-12-3-2-10(14(18)19)6-13(12)15/h2-3,6,9,11,17H,4-5,7-8H2,1H3,(H,18,19). The summed E-state index contributed by atoms with van der Waals surface area (Å²) in [4.78, 5) is 13.2. The molecule has 4 nitrogen and oxygen atoms in total. The molecule has 1 aliphatic rings. The molecule has 1 saturated heterocycles. The maximum absolute atomic E-state index is 10.9. The van der Waals surface area contributed by atoms with Gasteiger partial charge in [0.1, 0.15) is 0 Å². The van der Waals surface area contributed by atoms with E-state index in [1.165, 1.54) is 0 Å². The zero-order valence-electron chi connectivity index (χ0n) is 10.8. The van der Waals surface area contributed by atoms with Crippen LogP contribution in [0, 0.1) is 5.92 Å². The summed E-state index contributed by atoms with van der Waals surface area (Å²) >= 11 is 3.43. The first kappa shape index (κ1) is 14.5. The number of benzene rings is 1. The number of likely N-dealkylation sites (tertiary alicyclic amines) is 1. The number of nitrogens with zero attached hydrogens (tertiary/aromatic N) is 1. The molecule has 0 bridgehead atoms. The Morgan fingerprint density at radius 3 is 2.84 bits per heavy atom. The number of aliphatic hydroxyl groups excluding tert-OH is 1. The van der Waals surface area contributed by atoms with E-state index in [4.69, 9.17) is 5.11 Å². The summed E-state index contributed by atoms with van der Waals surface area (Å²) in [6, 6.07) is 5.12. The Labute approximate surface area is 121 Å². The maximum atomic E-state index is 10.9. The van der Waals surface area contributed by atoms with Crippen molar-refractivity contribution in [3.05, 3.63) is 33.8 Å². The number of halogens is 1. The monoisotopic (exact) mass is 327 g/mol.